The number of rotatable bonds is 12. The smallest absolute Gasteiger partial charge is 0.416 e. The molecule has 214 valence electrons. The van der Waals surface area contributed by atoms with Gasteiger partial charge in [0.25, 0.3) is 0 Å². The summed E-state index contributed by atoms with van der Waals surface area (Å²) in [5.41, 5.74) is 3.68. The summed E-state index contributed by atoms with van der Waals surface area (Å²) in [6.45, 7) is 0.0269. The Labute approximate surface area is 233 Å². The molecule has 0 saturated carbocycles. The van der Waals surface area contributed by atoms with Gasteiger partial charge in [0.1, 0.15) is 0 Å². The number of alkyl halides is 3. The van der Waals surface area contributed by atoms with Crippen LogP contribution in [0.25, 0.3) is 0 Å². The summed E-state index contributed by atoms with van der Waals surface area (Å²) in [5, 5.41) is 10.6. The number of carboxylic acids is 1. The molecule has 1 heterocycles. The lowest BCUT2D eigenvalue weighted by molar-refractivity contribution is -0.140. The number of carbonyl (C=O) groups is 4. The topological polar surface area (TPSA) is 110 Å². The summed E-state index contributed by atoms with van der Waals surface area (Å²) in [6, 6.07) is 18.5. The number of anilines is 2. The lowest BCUT2D eigenvalue weighted by atomic mass is 10.0. The van der Waals surface area contributed by atoms with Crippen molar-refractivity contribution in [3.05, 3.63) is 95.6 Å². The van der Waals surface area contributed by atoms with Crippen LogP contribution in [-0.4, -0.2) is 47.3 Å². The molecule has 41 heavy (non-hydrogen) atoms. The molecule has 1 aliphatic heterocycles. The van der Waals surface area contributed by atoms with Crippen molar-refractivity contribution < 1.29 is 37.5 Å². The molecule has 1 aliphatic rings. The van der Waals surface area contributed by atoms with Gasteiger partial charge in [-0.25, -0.2) is 10.4 Å². The lowest BCUT2D eigenvalue weighted by Crippen LogP contribution is -2.40. The van der Waals surface area contributed by atoms with Crippen LogP contribution in [0.4, 0.5) is 24.5 Å². The summed E-state index contributed by atoms with van der Waals surface area (Å²) in [4.78, 5) is 51.4. The first kappa shape index (κ1) is 29.3. The molecule has 12 heteroatoms. The Hall–Kier alpha value is -4.71. The van der Waals surface area contributed by atoms with Crippen molar-refractivity contribution in [2.24, 2.45) is 0 Å². The fourth-order valence-electron chi connectivity index (χ4n) is 4.82. The quantitative estimate of drug-likeness (QED) is 0.251. The average molecular weight is 569 g/mol. The highest BCUT2D eigenvalue weighted by Gasteiger charge is 2.38. The van der Waals surface area contributed by atoms with E-state index in [-0.39, 0.29) is 31.8 Å². The van der Waals surface area contributed by atoms with E-state index in [1.54, 1.807) is 54.6 Å². The van der Waals surface area contributed by atoms with Crippen LogP contribution in [0.3, 0.4) is 0 Å². The molecule has 0 radical (unpaired) electrons. The monoisotopic (exact) mass is 568 g/mol. The van der Waals surface area contributed by atoms with Crippen molar-refractivity contribution in [1.82, 2.24) is 10.3 Å². The van der Waals surface area contributed by atoms with E-state index in [4.69, 9.17) is 0 Å². The second-order valence-electron chi connectivity index (χ2n) is 9.47. The van der Waals surface area contributed by atoms with Gasteiger partial charge in [0.2, 0.25) is 18.7 Å². The number of carbonyl (C=O) groups excluding carboxylic acids is 3. The van der Waals surface area contributed by atoms with E-state index in [2.05, 4.69) is 5.43 Å². The maximum Gasteiger partial charge on any atom is 0.416 e. The van der Waals surface area contributed by atoms with Gasteiger partial charge in [-0.15, -0.1) is 0 Å². The van der Waals surface area contributed by atoms with E-state index >= 15 is 0 Å². The first-order valence-corrected chi connectivity index (χ1v) is 12.6. The average Bonchev–Trinajstić information content (AvgIpc) is 3.34. The Kier molecular flexibility index (Phi) is 9.03. The summed E-state index contributed by atoms with van der Waals surface area (Å²) in [6.07, 6.45) is -3.84. The Morgan fingerprint density at radius 1 is 1.02 bits per heavy atom. The van der Waals surface area contributed by atoms with Crippen LogP contribution >= 0.6 is 0 Å². The summed E-state index contributed by atoms with van der Waals surface area (Å²) in [5.74, 6) is -1.39. The summed E-state index contributed by atoms with van der Waals surface area (Å²) in [7, 11) is 0. The molecule has 9 nitrogen and oxygen atoms in total. The third-order valence-electron chi connectivity index (χ3n) is 6.79. The molecule has 3 aromatic carbocycles. The number of hydrogen-bond donors (Lipinski definition) is 2. The molecule has 2 N–H and O–H groups in total. The van der Waals surface area contributed by atoms with Crippen LogP contribution in [0, 0.1) is 0 Å². The molecule has 2 unspecified atom stereocenters. The number of carboxylic acid groups (broad SMARTS) is 1. The predicted molar refractivity (Wildman–Crippen MR) is 143 cm³/mol. The number of nitrogens with one attached hydrogen (secondary N) is 1. The highest BCUT2D eigenvalue weighted by molar-refractivity contribution is 5.97. The van der Waals surface area contributed by atoms with E-state index in [9.17, 15) is 37.5 Å². The van der Waals surface area contributed by atoms with Gasteiger partial charge >= 0.3 is 12.1 Å². The van der Waals surface area contributed by atoms with Crippen LogP contribution in [-0.2, 0) is 31.9 Å². The maximum atomic E-state index is 13.0. The van der Waals surface area contributed by atoms with Crippen molar-refractivity contribution in [1.29, 1.82) is 0 Å². The van der Waals surface area contributed by atoms with Crippen LogP contribution in [0.5, 0.6) is 0 Å². The maximum absolute atomic E-state index is 13.0. The molecular formula is C29H27F3N4O5. The predicted octanol–water partition coefficient (Wildman–Crippen LogP) is 4.15. The Bertz CT molecular complexity index is 1400. The number of amides is 3. The van der Waals surface area contributed by atoms with Crippen molar-refractivity contribution in [3.63, 3.8) is 0 Å². The molecule has 0 bridgehead atoms. The zero-order chi connectivity index (χ0) is 29.6. The van der Waals surface area contributed by atoms with Crippen molar-refractivity contribution >= 4 is 36.1 Å². The number of benzene rings is 3. The first-order valence-electron chi connectivity index (χ1n) is 12.6. The normalized spacial score (nSPS) is 15.8. The standard InChI is InChI=1S/C29H27F3N4O5/c30-29(31,32)22-9-4-6-20(12-22)16-33-36(19-38)24-11-5-10-23(13-24)34-17-25(14-27(34)39)35(18-37)26(15-28(40)41)21-7-2-1-3-8-21/h1-13,18-19,25-26,33H,14-17H2,(H,40,41). The van der Waals surface area contributed by atoms with Crippen LogP contribution < -0.4 is 15.3 Å². The number of nitrogens with zero attached hydrogens (tertiary/aromatic N) is 3. The van der Waals surface area contributed by atoms with Crippen molar-refractivity contribution in [3.8, 4) is 0 Å². The number of aliphatic carboxylic acids is 1. The third kappa shape index (κ3) is 7.09. The van der Waals surface area contributed by atoms with Gasteiger partial charge in [-0.05, 0) is 35.4 Å². The number of hydrogen-bond acceptors (Lipinski definition) is 5. The molecule has 4 rings (SSSR count). The molecule has 2 atom stereocenters. The van der Waals surface area contributed by atoms with Crippen molar-refractivity contribution in [2.45, 2.75) is 37.6 Å². The van der Waals surface area contributed by atoms with E-state index < -0.39 is 29.8 Å². The van der Waals surface area contributed by atoms with E-state index in [0.717, 1.165) is 17.1 Å². The van der Waals surface area contributed by atoms with Gasteiger partial charge in [0.05, 0.1) is 29.8 Å². The fourth-order valence-corrected chi connectivity index (χ4v) is 4.82. The Morgan fingerprint density at radius 3 is 2.41 bits per heavy atom. The minimum Gasteiger partial charge on any atom is -0.481 e. The van der Waals surface area contributed by atoms with Gasteiger partial charge in [-0.2, -0.15) is 13.2 Å². The molecule has 0 aromatic heterocycles. The van der Waals surface area contributed by atoms with E-state index in [1.807, 2.05) is 0 Å². The van der Waals surface area contributed by atoms with E-state index in [0.29, 0.717) is 35.3 Å². The molecule has 1 saturated heterocycles. The number of halogens is 3. The minimum atomic E-state index is -4.50. The second-order valence-corrected chi connectivity index (χ2v) is 9.47. The Balaban J connectivity index is 1.50. The molecule has 0 aliphatic carbocycles. The number of hydrazine groups is 1. The fraction of sp³-hybridized carbons (Fsp3) is 0.241. The first-order chi connectivity index (χ1) is 19.6. The summed E-state index contributed by atoms with van der Waals surface area (Å²) < 4.78 is 39.1. The van der Waals surface area contributed by atoms with Gasteiger partial charge in [0, 0.05) is 25.2 Å². The van der Waals surface area contributed by atoms with Gasteiger partial charge in [-0.3, -0.25) is 19.2 Å². The van der Waals surface area contributed by atoms with Crippen LogP contribution in [0.1, 0.15) is 35.6 Å². The zero-order valence-corrected chi connectivity index (χ0v) is 21.7. The second kappa shape index (κ2) is 12.6. The van der Waals surface area contributed by atoms with Gasteiger partial charge in [-0.1, -0.05) is 54.6 Å². The highest BCUT2D eigenvalue weighted by atomic mass is 19.4. The van der Waals surface area contributed by atoms with Gasteiger partial charge < -0.3 is 14.9 Å². The van der Waals surface area contributed by atoms with Crippen LogP contribution in [0.15, 0.2) is 78.9 Å². The summed E-state index contributed by atoms with van der Waals surface area (Å²) >= 11 is 0. The Morgan fingerprint density at radius 2 is 1.76 bits per heavy atom. The molecule has 1 fully saturated rings. The molecule has 3 amide bonds. The minimum absolute atomic E-state index is 0.0306. The molecular weight excluding hydrogens is 541 g/mol. The lowest BCUT2D eigenvalue weighted by Gasteiger charge is -2.32. The zero-order valence-electron chi connectivity index (χ0n) is 21.7. The van der Waals surface area contributed by atoms with Crippen LogP contribution in [0.2, 0.25) is 0 Å². The molecule has 3 aromatic rings. The third-order valence-corrected chi connectivity index (χ3v) is 6.79. The van der Waals surface area contributed by atoms with Crippen molar-refractivity contribution in [2.75, 3.05) is 16.5 Å². The van der Waals surface area contributed by atoms with E-state index in [1.165, 1.54) is 21.9 Å². The largest absolute Gasteiger partial charge is 0.481 e. The SMILES string of the molecule is O=CN(NCc1cccc(C(F)(F)F)c1)c1cccc(N2CC(N(C=O)C(CC(=O)O)c3ccccc3)CC2=O)c1. The highest BCUT2D eigenvalue weighted by Crippen LogP contribution is 2.33. The van der Waals surface area contributed by atoms with Gasteiger partial charge in [0.15, 0.2) is 0 Å². The molecule has 0 spiro atoms.